The standard InChI is InChI=1S/C9H8F3NO2.H2O/c10-5-3-7(12)6(11)1-4(5)2-8(13)9(14)15;/h1,3,8H,2,13H2,(H,14,15);1H2/t8-;/m0./s1. The van der Waals surface area contributed by atoms with E-state index in [2.05, 4.69) is 0 Å². The molecular formula is C9H10F3NO3. The van der Waals surface area contributed by atoms with Crippen LogP contribution in [0.25, 0.3) is 0 Å². The molecule has 0 fully saturated rings. The van der Waals surface area contributed by atoms with Crippen molar-refractivity contribution in [1.29, 1.82) is 0 Å². The average Bonchev–Trinajstić information content (AvgIpc) is 2.13. The van der Waals surface area contributed by atoms with Gasteiger partial charge in [0.25, 0.3) is 0 Å². The second-order valence-electron chi connectivity index (χ2n) is 3.01. The van der Waals surface area contributed by atoms with E-state index >= 15 is 0 Å². The number of benzene rings is 1. The van der Waals surface area contributed by atoms with Crippen molar-refractivity contribution < 1.29 is 28.5 Å². The molecule has 1 aromatic carbocycles. The summed E-state index contributed by atoms with van der Waals surface area (Å²) in [5.74, 6) is -4.89. The Balaban J connectivity index is 0.00000225. The van der Waals surface area contributed by atoms with Gasteiger partial charge in [-0.15, -0.1) is 0 Å². The molecule has 0 aliphatic carbocycles. The zero-order chi connectivity index (χ0) is 11.6. The largest absolute Gasteiger partial charge is 0.480 e. The second kappa shape index (κ2) is 5.47. The fourth-order valence-corrected chi connectivity index (χ4v) is 1.04. The molecule has 4 nitrogen and oxygen atoms in total. The Morgan fingerprint density at radius 2 is 1.75 bits per heavy atom. The van der Waals surface area contributed by atoms with Crippen LogP contribution in [0, 0.1) is 17.5 Å². The number of carboxylic acids is 1. The monoisotopic (exact) mass is 237 g/mol. The third-order valence-electron chi connectivity index (χ3n) is 1.85. The Bertz CT molecular complexity index is 398. The molecule has 90 valence electrons. The van der Waals surface area contributed by atoms with Gasteiger partial charge in [0.2, 0.25) is 0 Å². The van der Waals surface area contributed by atoms with Gasteiger partial charge in [-0.05, 0) is 11.6 Å². The van der Waals surface area contributed by atoms with E-state index in [-0.39, 0.29) is 11.0 Å². The molecule has 0 aliphatic rings. The van der Waals surface area contributed by atoms with Crippen LogP contribution < -0.4 is 5.73 Å². The van der Waals surface area contributed by atoms with E-state index in [1.807, 2.05) is 0 Å². The Hall–Kier alpha value is -1.60. The number of rotatable bonds is 3. The minimum absolute atomic E-state index is 0. The molecule has 16 heavy (non-hydrogen) atoms. The zero-order valence-electron chi connectivity index (χ0n) is 8.01. The number of halogens is 3. The van der Waals surface area contributed by atoms with E-state index in [0.717, 1.165) is 0 Å². The minimum atomic E-state index is -1.34. The van der Waals surface area contributed by atoms with Crippen LogP contribution in [-0.4, -0.2) is 22.6 Å². The Kier molecular flexibility index (Phi) is 4.93. The molecule has 0 unspecified atom stereocenters. The molecule has 0 saturated carbocycles. The predicted octanol–water partition coefficient (Wildman–Crippen LogP) is 0.234. The van der Waals surface area contributed by atoms with Gasteiger partial charge >= 0.3 is 5.97 Å². The van der Waals surface area contributed by atoms with Crippen LogP contribution in [-0.2, 0) is 11.2 Å². The summed E-state index contributed by atoms with van der Waals surface area (Å²) in [5.41, 5.74) is 4.86. The maximum Gasteiger partial charge on any atom is 0.320 e. The maximum absolute atomic E-state index is 13.0. The van der Waals surface area contributed by atoms with E-state index in [1.54, 1.807) is 0 Å². The van der Waals surface area contributed by atoms with Crippen molar-refractivity contribution in [2.24, 2.45) is 5.73 Å². The molecule has 0 bridgehead atoms. The highest BCUT2D eigenvalue weighted by Gasteiger charge is 2.17. The lowest BCUT2D eigenvalue weighted by Crippen LogP contribution is -2.32. The first-order valence-electron chi connectivity index (χ1n) is 4.03. The number of aliphatic carboxylic acids is 1. The summed E-state index contributed by atoms with van der Waals surface area (Å²) in [6.45, 7) is 0. The molecule has 1 aromatic rings. The van der Waals surface area contributed by atoms with Gasteiger partial charge in [0.15, 0.2) is 11.6 Å². The highest BCUT2D eigenvalue weighted by atomic mass is 19.2. The molecule has 0 saturated heterocycles. The van der Waals surface area contributed by atoms with Crippen molar-refractivity contribution >= 4 is 5.97 Å². The third-order valence-corrected chi connectivity index (χ3v) is 1.85. The molecule has 0 spiro atoms. The van der Waals surface area contributed by atoms with Crippen LogP contribution in [0.15, 0.2) is 12.1 Å². The van der Waals surface area contributed by atoms with Gasteiger partial charge in [0, 0.05) is 12.5 Å². The first-order chi connectivity index (χ1) is 6.91. The predicted molar refractivity (Wildman–Crippen MR) is 49.2 cm³/mol. The molecule has 5 N–H and O–H groups in total. The van der Waals surface area contributed by atoms with Crippen LogP contribution in [0.3, 0.4) is 0 Å². The normalized spacial score (nSPS) is 11.8. The van der Waals surface area contributed by atoms with Crippen molar-refractivity contribution in [3.8, 4) is 0 Å². The number of hydrogen-bond acceptors (Lipinski definition) is 2. The van der Waals surface area contributed by atoms with Crippen molar-refractivity contribution in [1.82, 2.24) is 0 Å². The van der Waals surface area contributed by atoms with Gasteiger partial charge in [-0.2, -0.15) is 0 Å². The molecule has 7 heteroatoms. The quantitative estimate of drug-likeness (QED) is 0.737. The fraction of sp³-hybridized carbons (Fsp3) is 0.222. The van der Waals surface area contributed by atoms with Crippen LogP contribution in [0.1, 0.15) is 5.56 Å². The lowest BCUT2D eigenvalue weighted by atomic mass is 10.1. The summed E-state index contributed by atoms with van der Waals surface area (Å²) in [5, 5.41) is 8.44. The van der Waals surface area contributed by atoms with Crippen LogP contribution in [0.2, 0.25) is 0 Å². The molecule has 1 rings (SSSR count). The average molecular weight is 237 g/mol. The number of carboxylic acid groups (broad SMARTS) is 1. The number of nitrogens with two attached hydrogens (primary N) is 1. The zero-order valence-corrected chi connectivity index (χ0v) is 8.01. The van der Waals surface area contributed by atoms with Gasteiger partial charge in [0.1, 0.15) is 11.9 Å². The van der Waals surface area contributed by atoms with E-state index in [1.165, 1.54) is 0 Å². The molecule has 0 radical (unpaired) electrons. The smallest absolute Gasteiger partial charge is 0.320 e. The van der Waals surface area contributed by atoms with Gasteiger partial charge in [0.05, 0.1) is 0 Å². The van der Waals surface area contributed by atoms with Crippen LogP contribution in [0.4, 0.5) is 13.2 Å². The summed E-state index contributed by atoms with van der Waals surface area (Å²) >= 11 is 0. The van der Waals surface area contributed by atoms with Crippen molar-refractivity contribution in [3.63, 3.8) is 0 Å². The number of carbonyl (C=O) groups is 1. The number of hydrogen-bond donors (Lipinski definition) is 2. The first-order valence-corrected chi connectivity index (χ1v) is 4.03. The summed E-state index contributed by atoms with van der Waals surface area (Å²) in [6, 6.07) is -0.378. The van der Waals surface area contributed by atoms with Crippen LogP contribution in [0.5, 0.6) is 0 Å². The highest BCUT2D eigenvalue weighted by Crippen LogP contribution is 2.14. The minimum Gasteiger partial charge on any atom is -0.480 e. The maximum atomic E-state index is 13.0. The molecule has 0 heterocycles. The van der Waals surface area contributed by atoms with E-state index in [0.29, 0.717) is 12.1 Å². The third kappa shape index (κ3) is 3.21. The van der Waals surface area contributed by atoms with Gasteiger partial charge < -0.3 is 16.3 Å². The summed E-state index contributed by atoms with van der Waals surface area (Å²) in [6.07, 6.45) is -0.391. The van der Waals surface area contributed by atoms with Gasteiger partial charge in [-0.1, -0.05) is 0 Å². The molecular weight excluding hydrogens is 227 g/mol. The van der Waals surface area contributed by atoms with E-state index in [9.17, 15) is 18.0 Å². The fourth-order valence-electron chi connectivity index (χ4n) is 1.04. The van der Waals surface area contributed by atoms with Crippen molar-refractivity contribution in [2.75, 3.05) is 0 Å². The highest BCUT2D eigenvalue weighted by molar-refractivity contribution is 5.73. The molecule has 1 atom stereocenters. The van der Waals surface area contributed by atoms with Crippen molar-refractivity contribution in [3.05, 3.63) is 35.1 Å². The SMILES string of the molecule is N[C@@H](Cc1cc(F)c(F)cc1F)C(=O)O.O. The Morgan fingerprint density at radius 3 is 2.25 bits per heavy atom. The lowest BCUT2D eigenvalue weighted by molar-refractivity contribution is -0.138. The molecule has 0 amide bonds. The van der Waals surface area contributed by atoms with Crippen molar-refractivity contribution in [2.45, 2.75) is 12.5 Å². The van der Waals surface area contributed by atoms with Gasteiger partial charge in [-0.25, -0.2) is 13.2 Å². The van der Waals surface area contributed by atoms with E-state index < -0.39 is 35.9 Å². The topological polar surface area (TPSA) is 94.8 Å². The van der Waals surface area contributed by atoms with Gasteiger partial charge in [-0.3, -0.25) is 4.79 Å². The molecule has 0 aliphatic heterocycles. The molecule has 0 aromatic heterocycles. The summed E-state index contributed by atoms with van der Waals surface area (Å²) in [4.78, 5) is 10.4. The Morgan fingerprint density at radius 1 is 1.25 bits per heavy atom. The summed E-state index contributed by atoms with van der Waals surface area (Å²) < 4.78 is 38.2. The summed E-state index contributed by atoms with van der Waals surface area (Å²) in [7, 11) is 0. The second-order valence-corrected chi connectivity index (χ2v) is 3.01. The lowest BCUT2D eigenvalue weighted by Gasteiger charge is -2.07. The Labute approximate surface area is 88.8 Å². The van der Waals surface area contributed by atoms with Crippen LogP contribution >= 0.6 is 0 Å². The van der Waals surface area contributed by atoms with E-state index in [4.69, 9.17) is 10.8 Å². The first kappa shape index (κ1) is 14.4.